The summed E-state index contributed by atoms with van der Waals surface area (Å²) >= 11 is 7.30. The summed E-state index contributed by atoms with van der Waals surface area (Å²) in [6.45, 7) is 2.30. The van der Waals surface area contributed by atoms with Crippen LogP contribution in [0.2, 0.25) is 5.02 Å². The largest absolute Gasteiger partial charge is 0.278 e. The van der Waals surface area contributed by atoms with Gasteiger partial charge in [-0.3, -0.25) is 19.1 Å². The molecule has 0 spiro atoms. The molecule has 0 N–H and O–H groups in total. The molecule has 2 aromatic carbocycles. The molecule has 2 amide bonds. The number of para-hydroxylation sites is 1. The molecule has 4 rings (SSSR count). The zero-order chi connectivity index (χ0) is 21.1. The van der Waals surface area contributed by atoms with Gasteiger partial charge in [0.1, 0.15) is 5.82 Å². The number of rotatable bonds is 4. The van der Waals surface area contributed by atoms with Crippen molar-refractivity contribution in [2.24, 2.45) is 0 Å². The normalized spacial score (nSPS) is 17.1. The lowest BCUT2D eigenvalue weighted by Gasteiger charge is -2.22. The standard InChI is InChI=1S/C22H21ClN4O2S/c1-15-24-25-22(27(15)18-7-3-2-4-8-18)30-19-9-5-6-14-26(21(19)29)20(28)16-10-12-17(23)13-11-16/h2-4,7-8,10-13,19H,5-6,9,14H2,1H3. The van der Waals surface area contributed by atoms with Crippen LogP contribution >= 0.6 is 23.4 Å². The van der Waals surface area contributed by atoms with Crippen molar-refractivity contribution in [1.82, 2.24) is 19.7 Å². The summed E-state index contributed by atoms with van der Waals surface area (Å²) in [5, 5.41) is 9.31. The van der Waals surface area contributed by atoms with Crippen LogP contribution in [0.25, 0.3) is 5.69 Å². The topological polar surface area (TPSA) is 68.1 Å². The number of hydrogen-bond acceptors (Lipinski definition) is 5. The number of amides is 2. The Bertz CT molecular complexity index is 1050. The first-order chi connectivity index (χ1) is 14.5. The van der Waals surface area contributed by atoms with Crippen LogP contribution in [0.3, 0.4) is 0 Å². The van der Waals surface area contributed by atoms with Crippen LogP contribution in [-0.4, -0.2) is 43.3 Å². The Morgan fingerprint density at radius 1 is 1.07 bits per heavy atom. The van der Waals surface area contributed by atoms with Gasteiger partial charge in [0.15, 0.2) is 5.16 Å². The Labute approximate surface area is 184 Å². The first kappa shape index (κ1) is 20.6. The van der Waals surface area contributed by atoms with E-state index in [1.807, 2.05) is 41.8 Å². The van der Waals surface area contributed by atoms with Crippen molar-refractivity contribution < 1.29 is 9.59 Å². The van der Waals surface area contributed by atoms with Gasteiger partial charge in [-0.2, -0.15) is 0 Å². The number of aromatic nitrogens is 3. The summed E-state index contributed by atoms with van der Waals surface area (Å²) in [4.78, 5) is 27.6. The van der Waals surface area contributed by atoms with Crippen LogP contribution in [0.4, 0.5) is 0 Å². The molecule has 6 nitrogen and oxygen atoms in total. The van der Waals surface area contributed by atoms with E-state index in [4.69, 9.17) is 11.6 Å². The van der Waals surface area contributed by atoms with Gasteiger partial charge in [-0.25, -0.2) is 0 Å². The predicted molar refractivity (Wildman–Crippen MR) is 117 cm³/mol. The monoisotopic (exact) mass is 440 g/mol. The highest BCUT2D eigenvalue weighted by Crippen LogP contribution is 2.31. The van der Waals surface area contributed by atoms with Gasteiger partial charge < -0.3 is 0 Å². The molecule has 1 atom stereocenters. The number of hydrogen-bond donors (Lipinski definition) is 0. The molecule has 1 aromatic heterocycles. The lowest BCUT2D eigenvalue weighted by molar-refractivity contribution is -0.127. The van der Waals surface area contributed by atoms with Crippen molar-refractivity contribution in [2.75, 3.05) is 6.54 Å². The number of likely N-dealkylation sites (tertiary alicyclic amines) is 1. The second kappa shape index (κ2) is 9.02. The van der Waals surface area contributed by atoms with Crippen molar-refractivity contribution in [3.63, 3.8) is 0 Å². The Hall–Kier alpha value is -2.64. The van der Waals surface area contributed by atoms with E-state index in [1.165, 1.54) is 16.7 Å². The number of thioether (sulfide) groups is 1. The first-order valence-electron chi connectivity index (χ1n) is 9.80. The SMILES string of the molecule is Cc1nnc(SC2CCCCN(C(=O)c3ccc(Cl)cc3)C2=O)n1-c1ccccc1. The third-order valence-electron chi connectivity index (χ3n) is 5.03. The maximum Gasteiger partial charge on any atom is 0.260 e. The third-order valence-corrected chi connectivity index (χ3v) is 6.48. The summed E-state index contributed by atoms with van der Waals surface area (Å²) < 4.78 is 1.94. The van der Waals surface area contributed by atoms with E-state index in [-0.39, 0.29) is 11.8 Å². The summed E-state index contributed by atoms with van der Waals surface area (Å²) in [7, 11) is 0. The molecule has 0 aliphatic carbocycles. The number of benzene rings is 2. The van der Waals surface area contributed by atoms with E-state index in [0.717, 1.165) is 24.4 Å². The minimum Gasteiger partial charge on any atom is -0.278 e. The van der Waals surface area contributed by atoms with Crippen molar-refractivity contribution in [3.05, 3.63) is 71.0 Å². The van der Waals surface area contributed by atoms with E-state index in [2.05, 4.69) is 10.2 Å². The minimum absolute atomic E-state index is 0.183. The first-order valence-corrected chi connectivity index (χ1v) is 11.1. The Kier molecular flexibility index (Phi) is 6.20. The molecule has 0 radical (unpaired) electrons. The van der Waals surface area contributed by atoms with Gasteiger partial charge in [0.05, 0.1) is 5.25 Å². The van der Waals surface area contributed by atoms with Gasteiger partial charge in [0.25, 0.3) is 5.91 Å². The van der Waals surface area contributed by atoms with E-state index < -0.39 is 5.25 Å². The van der Waals surface area contributed by atoms with E-state index in [9.17, 15) is 9.59 Å². The number of nitrogens with zero attached hydrogens (tertiary/aromatic N) is 4. The molecule has 1 aliphatic heterocycles. The van der Waals surface area contributed by atoms with E-state index in [1.54, 1.807) is 24.3 Å². The van der Waals surface area contributed by atoms with Gasteiger partial charge in [-0.15, -0.1) is 10.2 Å². The van der Waals surface area contributed by atoms with Crippen LogP contribution in [0.1, 0.15) is 35.4 Å². The predicted octanol–water partition coefficient (Wildman–Crippen LogP) is 4.54. The van der Waals surface area contributed by atoms with Gasteiger partial charge in [0.2, 0.25) is 5.91 Å². The van der Waals surface area contributed by atoms with Gasteiger partial charge in [0, 0.05) is 22.8 Å². The third kappa shape index (κ3) is 4.27. The summed E-state index contributed by atoms with van der Waals surface area (Å²) in [6.07, 6.45) is 2.34. The molecule has 3 aromatic rings. The molecule has 154 valence electrons. The van der Waals surface area contributed by atoms with Crippen molar-refractivity contribution >= 4 is 35.2 Å². The summed E-state index contributed by atoms with van der Waals surface area (Å²) in [6, 6.07) is 16.4. The average Bonchev–Trinajstić information content (AvgIpc) is 3.02. The molecule has 0 saturated carbocycles. The smallest absolute Gasteiger partial charge is 0.260 e. The van der Waals surface area contributed by atoms with Crippen LogP contribution in [-0.2, 0) is 4.79 Å². The molecule has 1 aliphatic rings. The lowest BCUT2D eigenvalue weighted by Crippen LogP contribution is -2.41. The summed E-state index contributed by atoms with van der Waals surface area (Å²) in [5.74, 6) is 0.279. The molecule has 1 fully saturated rings. The van der Waals surface area contributed by atoms with Gasteiger partial charge in [-0.05, 0) is 56.2 Å². The fourth-order valence-electron chi connectivity index (χ4n) is 3.49. The molecule has 0 bridgehead atoms. The molecule has 1 unspecified atom stereocenters. The Balaban J connectivity index is 1.59. The second-order valence-corrected chi connectivity index (χ2v) is 8.71. The molecule has 1 saturated heterocycles. The number of carbonyl (C=O) groups excluding carboxylic acids is 2. The van der Waals surface area contributed by atoms with E-state index in [0.29, 0.717) is 28.7 Å². The maximum absolute atomic E-state index is 13.3. The van der Waals surface area contributed by atoms with Gasteiger partial charge in [-0.1, -0.05) is 48.0 Å². The number of aryl methyl sites for hydroxylation is 1. The molecule has 30 heavy (non-hydrogen) atoms. The van der Waals surface area contributed by atoms with Crippen LogP contribution < -0.4 is 0 Å². The van der Waals surface area contributed by atoms with Crippen LogP contribution in [0, 0.1) is 6.92 Å². The van der Waals surface area contributed by atoms with Crippen LogP contribution in [0.15, 0.2) is 59.8 Å². The highest BCUT2D eigenvalue weighted by molar-refractivity contribution is 8.00. The van der Waals surface area contributed by atoms with Crippen molar-refractivity contribution in [1.29, 1.82) is 0 Å². The van der Waals surface area contributed by atoms with Gasteiger partial charge >= 0.3 is 0 Å². The molecular formula is C22H21ClN4O2S. The average molecular weight is 441 g/mol. The Morgan fingerprint density at radius 3 is 2.53 bits per heavy atom. The number of imide groups is 1. The zero-order valence-corrected chi connectivity index (χ0v) is 18.1. The number of carbonyl (C=O) groups is 2. The zero-order valence-electron chi connectivity index (χ0n) is 16.5. The fraction of sp³-hybridized carbons (Fsp3) is 0.273. The summed E-state index contributed by atoms with van der Waals surface area (Å²) in [5.41, 5.74) is 1.40. The molecule has 8 heteroatoms. The minimum atomic E-state index is -0.394. The quantitative estimate of drug-likeness (QED) is 0.557. The van der Waals surface area contributed by atoms with Crippen LogP contribution in [0.5, 0.6) is 0 Å². The van der Waals surface area contributed by atoms with Crippen molar-refractivity contribution in [3.8, 4) is 5.69 Å². The number of halogens is 1. The van der Waals surface area contributed by atoms with E-state index >= 15 is 0 Å². The molecule has 2 heterocycles. The molecular weight excluding hydrogens is 420 g/mol. The highest BCUT2D eigenvalue weighted by atomic mass is 35.5. The fourth-order valence-corrected chi connectivity index (χ4v) is 4.81. The lowest BCUT2D eigenvalue weighted by atomic mass is 10.2. The maximum atomic E-state index is 13.3. The van der Waals surface area contributed by atoms with Crippen molar-refractivity contribution in [2.45, 2.75) is 36.6 Å². The Morgan fingerprint density at radius 2 is 1.80 bits per heavy atom. The second-order valence-electron chi connectivity index (χ2n) is 7.10. The highest BCUT2D eigenvalue weighted by Gasteiger charge is 2.33.